The van der Waals surface area contributed by atoms with Gasteiger partial charge in [0, 0.05) is 28.4 Å². The molecule has 0 spiro atoms. The van der Waals surface area contributed by atoms with Crippen LogP contribution in [0.3, 0.4) is 0 Å². The Kier molecular flexibility index (Phi) is 12.0. The second-order valence-electron chi connectivity index (χ2n) is 5.60. The van der Waals surface area contributed by atoms with E-state index in [0.717, 1.165) is 32.1 Å². The van der Waals surface area contributed by atoms with Crippen LogP contribution in [-0.2, 0) is 17.7 Å². The molecule has 0 radical (unpaired) electrons. The Morgan fingerprint density at radius 3 is 1.26 bits per heavy atom. The minimum absolute atomic E-state index is 0.126. The normalized spacial score (nSPS) is 14.9. The lowest BCUT2D eigenvalue weighted by atomic mass is 10.3. The van der Waals surface area contributed by atoms with E-state index in [1.165, 1.54) is 0 Å². The summed E-state index contributed by atoms with van der Waals surface area (Å²) in [4.78, 5) is 0. The Morgan fingerprint density at radius 2 is 1.04 bits per heavy atom. The van der Waals surface area contributed by atoms with Gasteiger partial charge in [0.1, 0.15) is 0 Å². The van der Waals surface area contributed by atoms with Gasteiger partial charge < -0.3 is 17.7 Å². The predicted molar refractivity (Wildman–Crippen MR) is 102 cm³/mol. The van der Waals surface area contributed by atoms with E-state index in [0.29, 0.717) is 0 Å². The molecule has 4 nitrogen and oxygen atoms in total. The van der Waals surface area contributed by atoms with Crippen molar-refractivity contribution in [3.05, 3.63) is 23.6 Å². The average Bonchev–Trinajstić information content (AvgIpc) is 2.59. The molecule has 6 heteroatoms. The van der Waals surface area contributed by atoms with Crippen molar-refractivity contribution in [2.45, 2.75) is 58.0 Å². The van der Waals surface area contributed by atoms with E-state index in [1.807, 2.05) is 0 Å². The molecule has 0 bridgehead atoms. The van der Waals surface area contributed by atoms with Gasteiger partial charge in [0.2, 0.25) is 0 Å². The van der Waals surface area contributed by atoms with Crippen LogP contribution in [0.5, 0.6) is 0 Å². The summed E-state index contributed by atoms with van der Waals surface area (Å²) >= 11 is 0. The van der Waals surface area contributed by atoms with Crippen LogP contribution in [0.25, 0.3) is 0 Å². The van der Waals surface area contributed by atoms with Crippen molar-refractivity contribution in [3.63, 3.8) is 0 Å². The molecule has 0 aliphatic rings. The highest BCUT2D eigenvalue weighted by Gasteiger charge is 2.56. The summed E-state index contributed by atoms with van der Waals surface area (Å²) in [5, 5.41) is 0.126. The first kappa shape index (κ1) is 22.8. The molecule has 0 heterocycles. The molecule has 0 aromatic carbocycles. The minimum Gasteiger partial charge on any atom is -0.395 e. The van der Waals surface area contributed by atoms with Crippen LogP contribution >= 0.6 is 0 Å². The van der Waals surface area contributed by atoms with E-state index in [1.54, 1.807) is 28.4 Å². The Morgan fingerprint density at radius 1 is 0.696 bits per heavy atom. The molecule has 0 fully saturated rings. The van der Waals surface area contributed by atoms with Crippen LogP contribution < -0.4 is 0 Å². The maximum Gasteiger partial charge on any atom is 0.369 e. The van der Waals surface area contributed by atoms with Crippen molar-refractivity contribution < 1.29 is 17.7 Å². The monoisotopic (exact) mass is 360 g/mol. The molecule has 0 unspecified atom stereocenters. The number of unbranched alkanes of at least 4 members (excludes halogenated alkanes) is 2. The summed E-state index contributed by atoms with van der Waals surface area (Å²) < 4.78 is 23.9. The molecular formula is C17H36O4Si2. The van der Waals surface area contributed by atoms with Crippen molar-refractivity contribution in [1.29, 1.82) is 0 Å². The molecular weight excluding hydrogens is 324 g/mol. The van der Waals surface area contributed by atoms with E-state index in [2.05, 4.69) is 44.3 Å². The quantitative estimate of drug-likeness (QED) is 0.451. The van der Waals surface area contributed by atoms with Crippen LogP contribution in [0.4, 0.5) is 0 Å². The van der Waals surface area contributed by atoms with Crippen LogP contribution in [0.15, 0.2) is 23.6 Å². The van der Waals surface area contributed by atoms with Crippen molar-refractivity contribution >= 4 is 17.1 Å². The van der Waals surface area contributed by atoms with Gasteiger partial charge in [0.15, 0.2) is 0 Å². The van der Waals surface area contributed by atoms with E-state index < -0.39 is 17.1 Å². The van der Waals surface area contributed by atoms with Crippen molar-refractivity contribution in [2.24, 2.45) is 0 Å². The van der Waals surface area contributed by atoms with Crippen LogP contribution in [0.2, 0.25) is 5.16 Å². The number of allylic oxidation sites excluding steroid dienone is 2. The van der Waals surface area contributed by atoms with Gasteiger partial charge in [0.05, 0.1) is 5.16 Å². The fourth-order valence-electron chi connectivity index (χ4n) is 2.92. The number of rotatable bonds is 13. The smallest absolute Gasteiger partial charge is 0.369 e. The SMILES string of the molecule is CCCC=C[Si](OC)(OC)C(CC)[Si](C=CCCC)(OC)OC. The lowest BCUT2D eigenvalue weighted by Crippen LogP contribution is -2.58. The molecule has 136 valence electrons. The Balaban J connectivity index is 5.80. The molecule has 0 amide bonds. The van der Waals surface area contributed by atoms with Crippen molar-refractivity contribution in [1.82, 2.24) is 0 Å². The minimum atomic E-state index is -2.57. The fourth-order valence-corrected chi connectivity index (χ4v) is 11.8. The maximum absolute atomic E-state index is 5.97. The highest BCUT2D eigenvalue weighted by Crippen LogP contribution is 2.38. The zero-order chi connectivity index (χ0) is 17.8. The van der Waals surface area contributed by atoms with E-state index in [4.69, 9.17) is 17.7 Å². The highest BCUT2D eigenvalue weighted by molar-refractivity contribution is 6.92. The van der Waals surface area contributed by atoms with Gasteiger partial charge in [-0.15, -0.1) is 0 Å². The van der Waals surface area contributed by atoms with Crippen molar-refractivity contribution in [2.75, 3.05) is 28.4 Å². The second-order valence-corrected chi connectivity index (χ2v) is 12.8. The average molecular weight is 361 g/mol. The largest absolute Gasteiger partial charge is 0.395 e. The first-order chi connectivity index (χ1) is 11.1. The van der Waals surface area contributed by atoms with Crippen LogP contribution in [0.1, 0.15) is 52.9 Å². The first-order valence-electron chi connectivity index (χ1n) is 8.62. The van der Waals surface area contributed by atoms with E-state index in [9.17, 15) is 0 Å². The molecule has 0 aromatic rings. The summed E-state index contributed by atoms with van der Waals surface area (Å²) in [5.74, 6) is 0. The van der Waals surface area contributed by atoms with Crippen LogP contribution in [-0.4, -0.2) is 45.6 Å². The molecule has 0 saturated heterocycles. The summed E-state index contributed by atoms with van der Waals surface area (Å²) in [7, 11) is 1.84. The molecule has 0 rings (SSSR count). The van der Waals surface area contributed by atoms with Gasteiger partial charge in [0.25, 0.3) is 0 Å². The summed E-state index contributed by atoms with van der Waals surface area (Å²) in [6.07, 6.45) is 9.53. The lowest BCUT2D eigenvalue weighted by molar-refractivity contribution is 0.215. The van der Waals surface area contributed by atoms with Crippen molar-refractivity contribution in [3.8, 4) is 0 Å². The third-order valence-corrected chi connectivity index (χ3v) is 13.4. The molecule has 0 atom stereocenters. The molecule has 0 saturated carbocycles. The lowest BCUT2D eigenvalue weighted by Gasteiger charge is -2.40. The third-order valence-electron chi connectivity index (χ3n) is 4.27. The Hall–Kier alpha value is -0.246. The first-order valence-corrected chi connectivity index (χ1v) is 12.6. The molecule has 0 aliphatic carbocycles. The van der Waals surface area contributed by atoms with Gasteiger partial charge in [-0.25, -0.2) is 0 Å². The number of hydrogen-bond donors (Lipinski definition) is 0. The van der Waals surface area contributed by atoms with Crippen LogP contribution in [0, 0.1) is 0 Å². The van der Waals surface area contributed by atoms with Gasteiger partial charge in [-0.1, -0.05) is 45.8 Å². The summed E-state index contributed by atoms with van der Waals surface area (Å²) in [6.45, 7) is 6.49. The third kappa shape index (κ3) is 5.96. The fraction of sp³-hybridized carbons (Fsp3) is 0.765. The van der Waals surface area contributed by atoms with Gasteiger partial charge in [-0.3, -0.25) is 0 Å². The second kappa shape index (κ2) is 12.2. The maximum atomic E-state index is 5.97. The number of hydrogen-bond acceptors (Lipinski definition) is 4. The predicted octanol–water partition coefficient (Wildman–Crippen LogP) is 4.57. The Bertz CT molecular complexity index is 319. The topological polar surface area (TPSA) is 36.9 Å². The standard InChI is InChI=1S/C17H36O4Si2/c1-8-11-13-15-22(18-4,19-5)17(10-3)23(20-6,21-7)16-14-12-9-2/h13-17H,8-12H2,1-7H3. The zero-order valence-corrected chi connectivity index (χ0v) is 18.1. The zero-order valence-electron chi connectivity index (χ0n) is 16.1. The Labute approximate surface area is 145 Å². The van der Waals surface area contributed by atoms with Gasteiger partial charge in [-0.2, -0.15) is 0 Å². The van der Waals surface area contributed by atoms with Gasteiger partial charge in [-0.05, 0) is 30.7 Å². The van der Waals surface area contributed by atoms with Gasteiger partial charge >= 0.3 is 17.1 Å². The highest BCUT2D eigenvalue weighted by atomic mass is 28.4. The molecule has 23 heavy (non-hydrogen) atoms. The van der Waals surface area contributed by atoms with E-state index in [-0.39, 0.29) is 5.16 Å². The molecule has 0 aliphatic heterocycles. The summed E-state index contributed by atoms with van der Waals surface area (Å²) in [5.41, 5.74) is 4.33. The molecule has 0 N–H and O–H groups in total. The summed E-state index contributed by atoms with van der Waals surface area (Å²) in [6, 6.07) is 0. The van der Waals surface area contributed by atoms with E-state index >= 15 is 0 Å². The molecule has 0 aromatic heterocycles.